The summed E-state index contributed by atoms with van der Waals surface area (Å²) in [7, 11) is 1.55. The van der Waals surface area contributed by atoms with E-state index in [1.165, 1.54) is 0 Å². The smallest absolute Gasteiger partial charge is 0.274 e. The SMILES string of the molecule is COc1ccccc1C(=O)NC[C@@H]1C[C@H]2C[C@@H]2N1C(=O)c1nc(C)sc1-c1cccc(C)c1. The summed E-state index contributed by atoms with van der Waals surface area (Å²) in [5.41, 5.74) is 3.20. The summed E-state index contributed by atoms with van der Waals surface area (Å²) in [4.78, 5) is 34.1. The molecule has 2 heterocycles. The van der Waals surface area contributed by atoms with Gasteiger partial charge in [0.15, 0.2) is 0 Å². The molecule has 2 aromatic carbocycles. The number of piperidine rings is 1. The van der Waals surface area contributed by atoms with Crippen LogP contribution < -0.4 is 10.1 Å². The van der Waals surface area contributed by atoms with Crippen LogP contribution in [0.3, 0.4) is 0 Å². The topological polar surface area (TPSA) is 71.5 Å². The van der Waals surface area contributed by atoms with Crippen molar-refractivity contribution in [3.63, 3.8) is 0 Å². The van der Waals surface area contributed by atoms with E-state index >= 15 is 0 Å². The number of fused-ring (bicyclic) bond motifs is 1. The number of nitrogens with one attached hydrogen (secondary N) is 1. The standard InChI is InChI=1S/C26H27N3O3S/c1-15-7-6-8-17(11-15)24-23(28-16(2)33-24)26(31)29-19(12-18-13-21(18)29)14-27-25(30)20-9-4-5-10-22(20)32-3/h4-11,18-19,21H,12-14H2,1-3H3,(H,27,30)/t18-,19-,21-/m0/s1. The summed E-state index contributed by atoms with van der Waals surface area (Å²) in [6.45, 7) is 4.41. The highest BCUT2D eigenvalue weighted by atomic mass is 32.1. The summed E-state index contributed by atoms with van der Waals surface area (Å²) >= 11 is 1.56. The quantitative estimate of drug-likeness (QED) is 0.588. The summed E-state index contributed by atoms with van der Waals surface area (Å²) in [6.07, 6.45) is 1.94. The van der Waals surface area contributed by atoms with Crippen LogP contribution in [-0.4, -0.2) is 47.4 Å². The van der Waals surface area contributed by atoms with E-state index in [-0.39, 0.29) is 23.9 Å². The van der Waals surface area contributed by atoms with Crippen molar-refractivity contribution in [3.05, 3.63) is 70.4 Å². The number of nitrogens with zero attached hydrogens (tertiary/aromatic N) is 2. The van der Waals surface area contributed by atoms with Crippen molar-refractivity contribution in [1.29, 1.82) is 0 Å². The number of thiazole rings is 1. The van der Waals surface area contributed by atoms with Crippen LogP contribution in [0.1, 0.15) is 44.3 Å². The second kappa shape index (κ2) is 8.63. The number of rotatable bonds is 6. The average molecular weight is 462 g/mol. The van der Waals surface area contributed by atoms with Crippen LogP contribution in [0.4, 0.5) is 0 Å². The molecule has 1 aromatic heterocycles. The minimum Gasteiger partial charge on any atom is -0.496 e. The molecule has 2 fully saturated rings. The van der Waals surface area contributed by atoms with Crippen LogP contribution >= 0.6 is 11.3 Å². The average Bonchev–Trinajstić information content (AvgIpc) is 3.30. The van der Waals surface area contributed by atoms with Crippen molar-refractivity contribution in [2.24, 2.45) is 5.92 Å². The zero-order valence-electron chi connectivity index (χ0n) is 19.0. The first-order valence-electron chi connectivity index (χ1n) is 11.2. The summed E-state index contributed by atoms with van der Waals surface area (Å²) in [5, 5.41) is 3.90. The van der Waals surface area contributed by atoms with Crippen molar-refractivity contribution in [1.82, 2.24) is 15.2 Å². The van der Waals surface area contributed by atoms with Crippen molar-refractivity contribution in [2.75, 3.05) is 13.7 Å². The molecule has 3 aromatic rings. The number of ether oxygens (including phenoxy) is 1. The van der Waals surface area contributed by atoms with Gasteiger partial charge in [-0.05, 0) is 50.3 Å². The van der Waals surface area contributed by atoms with Gasteiger partial charge in [-0.25, -0.2) is 4.98 Å². The maximum atomic E-state index is 13.7. The lowest BCUT2D eigenvalue weighted by Gasteiger charge is -2.27. The highest BCUT2D eigenvalue weighted by Crippen LogP contribution is 2.48. The molecule has 33 heavy (non-hydrogen) atoms. The Hall–Kier alpha value is -3.19. The number of hydrogen-bond acceptors (Lipinski definition) is 5. The van der Waals surface area contributed by atoms with Crippen LogP contribution in [0, 0.1) is 19.8 Å². The monoisotopic (exact) mass is 461 g/mol. The lowest BCUT2D eigenvalue weighted by molar-refractivity contribution is 0.0684. The first kappa shape index (κ1) is 21.6. The Morgan fingerprint density at radius 2 is 1.97 bits per heavy atom. The Labute approximate surface area is 197 Å². The van der Waals surface area contributed by atoms with Gasteiger partial charge in [0.1, 0.15) is 11.4 Å². The van der Waals surface area contributed by atoms with Crippen molar-refractivity contribution < 1.29 is 14.3 Å². The fraction of sp³-hybridized carbons (Fsp3) is 0.346. The van der Waals surface area contributed by atoms with Crippen LogP contribution in [-0.2, 0) is 0 Å². The molecule has 2 aliphatic rings. The van der Waals surface area contributed by atoms with Gasteiger partial charge in [0.2, 0.25) is 0 Å². The molecule has 1 aliphatic carbocycles. The highest BCUT2D eigenvalue weighted by molar-refractivity contribution is 7.15. The van der Waals surface area contributed by atoms with Gasteiger partial charge in [0, 0.05) is 12.6 Å². The highest BCUT2D eigenvalue weighted by Gasteiger charge is 2.54. The Morgan fingerprint density at radius 3 is 2.76 bits per heavy atom. The summed E-state index contributed by atoms with van der Waals surface area (Å²) in [5.74, 6) is 0.838. The van der Waals surface area contributed by atoms with E-state index in [0.717, 1.165) is 33.9 Å². The second-order valence-electron chi connectivity index (χ2n) is 8.86. The van der Waals surface area contributed by atoms with Crippen LogP contribution in [0.2, 0.25) is 0 Å². The summed E-state index contributed by atoms with van der Waals surface area (Å²) in [6, 6.07) is 15.6. The van der Waals surface area contributed by atoms with Gasteiger partial charge in [-0.15, -0.1) is 11.3 Å². The second-order valence-corrected chi connectivity index (χ2v) is 10.1. The van der Waals surface area contributed by atoms with Crippen molar-refractivity contribution in [2.45, 2.75) is 38.8 Å². The zero-order chi connectivity index (χ0) is 23.1. The Bertz CT molecular complexity index is 1220. The van der Waals surface area contributed by atoms with Gasteiger partial charge in [-0.1, -0.05) is 42.0 Å². The predicted octanol–water partition coefficient (Wildman–Crippen LogP) is 4.47. The third-order valence-electron chi connectivity index (χ3n) is 6.51. The lowest BCUT2D eigenvalue weighted by Crippen LogP contribution is -2.45. The van der Waals surface area contributed by atoms with Crippen LogP contribution in [0.15, 0.2) is 48.5 Å². The number of carbonyl (C=O) groups is 2. The first-order chi connectivity index (χ1) is 16.0. The number of aromatic nitrogens is 1. The number of aryl methyl sites for hydroxylation is 2. The summed E-state index contributed by atoms with van der Waals surface area (Å²) < 4.78 is 5.31. The van der Waals surface area contributed by atoms with Gasteiger partial charge in [0.25, 0.3) is 11.8 Å². The largest absolute Gasteiger partial charge is 0.496 e. The number of benzene rings is 2. The molecule has 0 spiro atoms. The third-order valence-corrected chi connectivity index (χ3v) is 7.53. The van der Waals surface area contributed by atoms with E-state index in [0.29, 0.717) is 29.5 Å². The molecular weight excluding hydrogens is 434 g/mol. The molecule has 1 saturated heterocycles. The van der Waals surface area contributed by atoms with Crippen LogP contribution in [0.5, 0.6) is 5.75 Å². The molecule has 7 heteroatoms. The molecular formula is C26H27N3O3S. The van der Waals surface area contributed by atoms with Gasteiger partial charge in [0.05, 0.1) is 28.6 Å². The van der Waals surface area contributed by atoms with Gasteiger partial charge >= 0.3 is 0 Å². The minimum absolute atomic E-state index is 0.0302. The molecule has 0 unspecified atom stereocenters. The fourth-order valence-corrected chi connectivity index (χ4v) is 5.78. The van der Waals surface area contributed by atoms with Crippen molar-refractivity contribution >= 4 is 23.2 Å². The number of methoxy groups -OCH3 is 1. The lowest BCUT2D eigenvalue weighted by atomic mass is 10.1. The van der Waals surface area contributed by atoms with E-state index in [2.05, 4.69) is 29.4 Å². The normalized spacial score (nSPS) is 20.9. The van der Waals surface area contributed by atoms with Gasteiger partial charge in [-0.3, -0.25) is 9.59 Å². The van der Waals surface area contributed by atoms with E-state index < -0.39 is 0 Å². The number of likely N-dealkylation sites (tertiary alicyclic amines) is 1. The molecule has 0 radical (unpaired) electrons. The van der Waals surface area contributed by atoms with E-state index in [1.54, 1.807) is 30.6 Å². The van der Waals surface area contributed by atoms with Gasteiger partial charge < -0.3 is 15.0 Å². The molecule has 1 saturated carbocycles. The molecule has 0 bridgehead atoms. The number of carbonyl (C=O) groups excluding carboxylic acids is 2. The van der Waals surface area contributed by atoms with E-state index in [9.17, 15) is 9.59 Å². The molecule has 1 N–H and O–H groups in total. The molecule has 3 atom stereocenters. The Kier molecular flexibility index (Phi) is 5.66. The molecule has 1 aliphatic heterocycles. The van der Waals surface area contributed by atoms with Crippen LogP contribution in [0.25, 0.3) is 10.4 Å². The van der Waals surface area contributed by atoms with E-state index in [1.807, 2.05) is 36.1 Å². The Balaban J connectivity index is 1.36. The first-order valence-corrected chi connectivity index (χ1v) is 12.1. The maximum Gasteiger partial charge on any atom is 0.274 e. The number of hydrogen-bond donors (Lipinski definition) is 1. The van der Waals surface area contributed by atoms with Gasteiger partial charge in [-0.2, -0.15) is 0 Å². The molecule has 170 valence electrons. The van der Waals surface area contributed by atoms with E-state index in [4.69, 9.17) is 4.74 Å². The fourth-order valence-electron chi connectivity index (χ4n) is 4.87. The van der Waals surface area contributed by atoms with Crippen molar-refractivity contribution in [3.8, 4) is 16.2 Å². The number of para-hydroxylation sites is 1. The molecule has 5 rings (SSSR count). The third kappa shape index (κ3) is 4.13. The Morgan fingerprint density at radius 1 is 1.15 bits per heavy atom. The molecule has 2 amide bonds. The maximum absolute atomic E-state index is 13.7. The molecule has 6 nitrogen and oxygen atoms in total. The minimum atomic E-state index is -0.189. The number of amides is 2. The predicted molar refractivity (Wildman–Crippen MR) is 129 cm³/mol. The zero-order valence-corrected chi connectivity index (χ0v) is 19.8.